The summed E-state index contributed by atoms with van der Waals surface area (Å²) in [5.41, 5.74) is -1.18. The number of aromatic nitrogens is 1. The first-order valence-electron chi connectivity index (χ1n) is 6.97. The van der Waals surface area contributed by atoms with Gasteiger partial charge in [-0.15, -0.1) is 0 Å². The molecule has 0 aromatic carbocycles. The van der Waals surface area contributed by atoms with E-state index >= 15 is 0 Å². The van der Waals surface area contributed by atoms with Gasteiger partial charge in [-0.3, -0.25) is 4.94 Å². The van der Waals surface area contributed by atoms with Crippen LogP contribution in [-0.4, -0.2) is 34.5 Å². The molecular formula is C14H17F4NO3S. The van der Waals surface area contributed by atoms with Gasteiger partial charge < -0.3 is 9.47 Å². The van der Waals surface area contributed by atoms with Crippen molar-refractivity contribution in [3.63, 3.8) is 0 Å². The molecule has 2 aliphatic rings. The summed E-state index contributed by atoms with van der Waals surface area (Å²) < 4.78 is 58.4. The molecule has 9 heteroatoms. The minimum atomic E-state index is -4.57. The lowest BCUT2D eigenvalue weighted by molar-refractivity contribution is -0.144. The van der Waals surface area contributed by atoms with Gasteiger partial charge in [0.1, 0.15) is 5.69 Å². The van der Waals surface area contributed by atoms with Crippen molar-refractivity contribution in [1.29, 1.82) is 0 Å². The van der Waals surface area contributed by atoms with Crippen LogP contribution in [0.5, 0.6) is 5.88 Å². The molecule has 2 fully saturated rings. The Morgan fingerprint density at radius 3 is 2.57 bits per heavy atom. The summed E-state index contributed by atoms with van der Waals surface area (Å²) in [6.07, 6.45) is -2.71. The van der Waals surface area contributed by atoms with E-state index in [-0.39, 0.29) is 5.79 Å². The van der Waals surface area contributed by atoms with E-state index in [1.165, 1.54) is 5.75 Å². The molecule has 0 N–H and O–H groups in total. The summed E-state index contributed by atoms with van der Waals surface area (Å²) >= 11 is 1.97. The second kappa shape index (κ2) is 7.23. The fourth-order valence-corrected chi connectivity index (χ4v) is 3.39. The number of fused-ring (bicyclic) bond motifs is 1. The Kier molecular flexibility index (Phi) is 5.74. The van der Waals surface area contributed by atoms with Crippen LogP contribution >= 0.6 is 11.8 Å². The van der Waals surface area contributed by atoms with Gasteiger partial charge in [-0.05, 0) is 32.1 Å². The number of halogens is 4. The van der Waals surface area contributed by atoms with Crippen molar-refractivity contribution < 1.29 is 32.1 Å². The topological polar surface area (TPSA) is 40.6 Å². The molecular weight excluding hydrogens is 338 g/mol. The third-order valence-electron chi connectivity index (χ3n) is 3.21. The van der Waals surface area contributed by atoms with Crippen molar-refractivity contribution in [2.45, 2.75) is 44.4 Å². The molecule has 0 bridgehead atoms. The zero-order chi connectivity index (χ0) is 17.1. The van der Waals surface area contributed by atoms with Crippen molar-refractivity contribution in [2.75, 3.05) is 11.5 Å². The average molecular weight is 355 g/mol. The van der Waals surface area contributed by atoms with Crippen molar-refractivity contribution in [1.82, 2.24) is 4.98 Å². The predicted octanol–water partition coefficient (Wildman–Crippen LogP) is 4.01. The van der Waals surface area contributed by atoms with Crippen LogP contribution in [0.3, 0.4) is 0 Å². The summed E-state index contributed by atoms with van der Waals surface area (Å²) in [5, 5.41) is 0. The molecule has 2 saturated heterocycles. The summed E-state index contributed by atoms with van der Waals surface area (Å²) in [6.45, 7) is 3.99. The van der Waals surface area contributed by atoms with Crippen molar-refractivity contribution >= 4 is 11.8 Å². The van der Waals surface area contributed by atoms with E-state index in [0.29, 0.717) is 12.2 Å². The van der Waals surface area contributed by atoms with E-state index in [0.717, 1.165) is 30.4 Å². The molecule has 0 aliphatic carbocycles. The molecule has 3 rings (SSSR count). The summed E-state index contributed by atoms with van der Waals surface area (Å²) in [6, 6.07) is 2.71. The summed E-state index contributed by atoms with van der Waals surface area (Å²) in [7, 11) is 0. The SMILES string of the molecule is CC1(C)OC2CCSCC2O1.FOc1cccc(C(F)(F)F)n1. The van der Waals surface area contributed by atoms with Crippen LogP contribution in [0.4, 0.5) is 17.7 Å². The molecule has 0 amide bonds. The van der Waals surface area contributed by atoms with Crippen LogP contribution in [0.15, 0.2) is 18.2 Å². The number of nitrogens with zero attached hydrogens (tertiary/aromatic N) is 1. The smallest absolute Gasteiger partial charge is 0.345 e. The first kappa shape index (κ1) is 18.3. The number of alkyl halides is 3. The van der Waals surface area contributed by atoms with Gasteiger partial charge in [0, 0.05) is 16.3 Å². The van der Waals surface area contributed by atoms with Crippen LogP contribution < -0.4 is 4.94 Å². The monoisotopic (exact) mass is 355 g/mol. The Hall–Kier alpha value is -1.06. The zero-order valence-corrected chi connectivity index (χ0v) is 13.4. The van der Waals surface area contributed by atoms with E-state index in [2.05, 4.69) is 9.93 Å². The lowest BCUT2D eigenvalue weighted by Crippen LogP contribution is -2.29. The molecule has 2 unspecified atom stereocenters. The van der Waals surface area contributed by atoms with E-state index in [1.54, 1.807) is 0 Å². The first-order valence-corrected chi connectivity index (χ1v) is 8.13. The number of hydrogen-bond acceptors (Lipinski definition) is 5. The largest absolute Gasteiger partial charge is 0.433 e. The Bertz CT molecular complexity index is 511. The molecule has 2 aliphatic heterocycles. The van der Waals surface area contributed by atoms with E-state index in [4.69, 9.17) is 9.47 Å². The van der Waals surface area contributed by atoms with Crippen molar-refractivity contribution in [3.8, 4) is 5.88 Å². The maximum Gasteiger partial charge on any atom is 0.433 e. The molecule has 1 aromatic rings. The number of ether oxygens (including phenoxy) is 2. The van der Waals surface area contributed by atoms with Crippen molar-refractivity contribution in [3.05, 3.63) is 23.9 Å². The lowest BCUT2D eigenvalue weighted by atomic mass is 10.2. The van der Waals surface area contributed by atoms with Gasteiger partial charge in [-0.25, -0.2) is 4.98 Å². The second-order valence-electron chi connectivity index (χ2n) is 5.51. The number of hydrogen-bond donors (Lipinski definition) is 0. The molecule has 2 atom stereocenters. The van der Waals surface area contributed by atoms with Gasteiger partial charge in [-0.1, -0.05) is 6.07 Å². The van der Waals surface area contributed by atoms with Gasteiger partial charge >= 0.3 is 6.18 Å². The maximum atomic E-state index is 11.9. The molecule has 0 radical (unpaired) electrons. The van der Waals surface area contributed by atoms with Gasteiger partial charge in [0.2, 0.25) is 0 Å². The highest BCUT2D eigenvalue weighted by atomic mass is 32.2. The standard InChI is InChI=1S/C8H14O2S.C6H3F4NO/c1-8(2)9-6-3-4-11-5-7(6)10-8;7-6(8,9)4-2-1-3-5(11-4)12-10/h6-7H,3-5H2,1-2H3;1-3H. The molecule has 23 heavy (non-hydrogen) atoms. The first-order chi connectivity index (χ1) is 10.7. The highest BCUT2D eigenvalue weighted by Gasteiger charge is 2.42. The lowest BCUT2D eigenvalue weighted by Gasteiger charge is -2.20. The Morgan fingerprint density at radius 1 is 1.26 bits per heavy atom. The number of pyridine rings is 1. The molecule has 130 valence electrons. The minimum Gasteiger partial charge on any atom is -0.345 e. The average Bonchev–Trinajstić information content (AvgIpc) is 2.80. The zero-order valence-electron chi connectivity index (χ0n) is 12.6. The highest BCUT2D eigenvalue weighted by molar-refractivity contribution is 7.99. The van der Waals surface area contributed by atoms with Gasteiger partial charge in [0.05, 0.1) is 12.2 Å². The van der Waals surface area contributed by atoms with Crippen LogP contribution in [0.1, 0.15) is 26.0 Å². The normalized spacial score (nSPS) is 26.0. The number of rotatable bonds is 1. The maximum absolute atomic E-state index is 11.9. The van der Waals surface area contributed by atoms with Gasteiger partial charge in [0.15, 0.2) is 5.79 Å². The van der Waals surface area contributed by atoms with E-state index in [9.17, 15) is 17.7 Å². The third kappa shape index (κ3) is 5.22. The Morgan fingerprint density at radius 2 is 1.96 bits per heavy atom. The van der Waals surface area contributed by atoms with E-state index in [1.807, 2.05) is 25.6 Å². The molecule has 0 saturated carbocycles. The van der Waals surface area contributed by atoms with Gasteiger partial charge in [0.25, 0.3) is 5.88 Å². The fraction of sp³-hybridized carbons (Fsp3) is 0.643. The van der Waals surface area contributed by atoms with Crippen LogP contribution in [0.2, 0.25) is 0 Å². The third-order valence-corrected chi connectivity index (χ3v) is 4.30. The summed E-state index contributed by atoms with van der Waals surface area (Å²) in [4.78, 5) is 5.88. The molecule has 4 nitrogen and oxygen atoms in total. The van der Waals surface area contributed by atoms with Gasteiger partial charge in [-0.2, -0.15) is 24.9 Å². The Labute approximate surface area is 135 Å². The minimum absolute atomic E-state index is 0.333. The highest BCUT2D eigenvalue weighted by Crippen LogP contribution is 2.35. The predicted molar refractivity (Wildman–Crippen MR) is 76.7 cm³/mol. The molecule has 0 spiro atoms. The molecule has 3 heterocycles. The van der Waals surface area contributed by atoms with Crippen LogP contribution in [0.25, 0.3) is 0 Å². The summed E-state index contributed by atoms with van der Waals surface area (Å²) in [5.74, 6) is 1.29. The molecule has 1 aromatic heterocycles. The second-order valence-corrected chi connectivity index (χ2v) is 6.66. The van der Waals surface area contributed by atoms with Crippen molar-refractivity contribution in [2.24, 2.45) is 0 Å². The van der Waals surface area contributed by atoms with Crippen LogP contribution in [0, 0.1) is 0 Å². The fourth-order valence-electron chi connectivity index (χ4n) is 2.31. The van der Waals surface area contributed by atoms with E-state index < -0.39 is 17.8 Å². The quantitative estimate of drug-likeness (QED) is 0.712. The Balaban J connectivity index is 0.000000167. The number of thioether (sulfide) groups is 1. The van der Waals surface area contributed by atoms with Crippen LogP contribution in [-0.2, 0) is 15.7 Å².